The quantitative estimate of drug-likeness (QED) is 0.633. The Hall–Kier alpha value is -0.740. The Kier molecular flexibility index (Phi) is 3.64. The Bertz CT molecular complexity index is 458. The molecule has 0 atom stereocenters. The van der Waals surface area contributed by atoms with Gasteiger partial charge in [0.2, 0.25) is 0 Å². The van der Waals surface area contributed by atoms with E-state index in [0.717, 1.165) is 5.75 Å². The normalized spacial score (nSPS) is 20.2. The number of nitrogens with two attached hydrogens (primary N) is 1. The minimum Gasteiger partial charge on any atom is -0.379 e. The summed E-state index contributed by atoms with van der Waals surface area (Å²) in [6.07, 6.45) is 4.64. The van der Waals surface area contributed by atoms with Crippen molar-refractivity contribution in [3.63, 3.8) is 0 Å². The fourth-order valence-electron chi connectivity index (χ4n) is 2.30. The molecule has 0 aliphatic heterocycles. The van der Waals surface area contributed by atoms with E-state index in [4.69, 9.17) is 11.1 Å². The molecule has 1 aliphatic rings. The maximum absolute atomic E-state index is 7.24. The van der Waals surface area contributed by atoms with E-state index < -0.39 is 0 Å². The Labute approximate surface area is 111 Å². The summed E-state index contributed by atoms with van der Waals surface area (Å²) in [5, 5.41) is 9.61. The summed E-state index contributed by atoms with van der Waals surface area (Å²) in [5.74, 6) is 0.795. The van der Waals surface area contributed by atoms with E-state index in [-0.39, 0.29) is 10.6 Å². The first-order valence-corrected chi connectivity index (χ1v) is 7.61. The summed E-state index contributed by atoms with van der Waals surface area (Å²) in [5.41, 5.74) is 8.45. The van der Waals surface area contributed by atoms with Gasteiger partial charge in [0, 0.05) is 10.6 Å². The molecule has 17 heavy (non-hydrogen) atoms. The van der Waals surface area contributed by atoms with Crippen molar-refractivity contribution in [3.8, 4) is 0 Å². The van der Waals surface area contributed by atoms with Crippen LogP contribution in [0.1, 0.15) is 30.7 Å². The average Bonchev–Trinajstić information content (AvgIpc) is 2.68. The largest absolute Gasteiger partial charge is 0.379 e. The lowest BCUT2D eigenvalue weighted by molar-refractivity contribution is 0.446. The summed E-state index contributed by atoms with van der Waals surface area (Å²) in [6.45, 7) is 4.61. The number of nitrogens with one attached hydrogen (secondary N) is 1. The molecule has 0 saturated heterocycles. The molecular weight excluding hydrogens is 248 g/mol. The number of aryl methyl sites for hydroxylation is 1. The molecule has 1 heterocycles. The molecule has 0 spiro atoms. The lowest BCUT2D eigenvalue weighted by Crippen LogP contribution is -2.20. The highest BCUT2D eigenvalue weighted by Crippen LogP contribution is 2.46. The van der Waals surface area contributed by atoms with Crippen molar-refractivity contribution in [3.05, 3.63) is 28.0 Å². The summed E-state index contributed by atoms with van der Waals surface area (Å²) in [6, 6.07) is 2.23. The van der Waals surface area contributed by atoms with E-state index in [1.807, 2.05) is 11.3 Å². The SMILES string of the molecule is CC1(C)CCc2sccc2/C1=C/CSC(=N)N. The minimum absolute atomic E-state index is 0.195. The van der Waals surface area contributed by atoms with Crippen LogP contribution in [0.5, 0.6) is 0 Å². The maximum atomic E-state index is 7.24. The van der Waals surface area contributed by atoms with Crippen molar-refractivity contribution in [2.75, 3.05) is 5.75 Å². The summed E-state index contributed by atoms with van der Waals surface area (Å²) < 4.78 is 0. The van der Waals surface area contributed by atoms with Crippen molar-refractivity contribution >= 4 is 33.8 Å². The lowest BCUT2D eigenvalue weighted by Gasteiger charge is -2.33. The molecule has 0 amide bonds. The number of thioether (sulfide) groups is 1. The van der Waals surface area contributed by atoms with Crippen LogP contribution in [0.25, 0.3) is 5.57 Å². The molecule has 3 N–H and O–H groups in total. The van der Waals surface area contributed by atoms with Gasteiger partial charge in [-0.05, 0) is 40.8 Å². The van der Waals surface area contributed by atoms with Gasteiger partial charge in [-0.1, -0.05) is 31.7 Å². The zero-order chi connectivity index (χ0) is 12.5. The van der Waals surface area contributed by atoms with Gasteiger partial charge in [-0.15, -0.1) is 11.3 Å². The van der Waals surface area contributed by atoms with Crippen LogP contribution in [0.3, 0.4) is 0 Å². The second-order valence-corrected chi connectivity index (χ2v) is 7.00. The molecule has 2 rings (SSSR count). The van der Waals surface area contributed by atoms with Crippen molar-refractivity contribution in [1.82, 2.24) is 0 Å². The predicted molar refractivity (Wildman–Crippen MR) is 78.8 cm³/mol. The number of hydrogen-bond acceptors (Lipinski definition) is 3. The van der Waals surface area contributed by atoms with Gasteiger partial charge >= 0.3 is 0 Å². The highest BCUT2D eigenvalue weighted by molar-refractivity contribution is 8.13. The molecule has 0 radical (unpaired) electrons. The summed E-state index contributed by atoms with van der Waals surface area (Å²) >= 11 is 3.25. The molecule has 2 nitrogen and oxygen atoms in total. The van der Waals surface area contributed by atoms with Crippen molar-refractivity contribution < 1.29 is 0 Å². The standard InChI is InChI=1S/C13H18N2S2/c1-13(2)6-3-11-9(4-7-16-11)10(13)5-8-17-12(14)15/h4-5,7H,3,6,8H2,1-2H3,(H3,14,15)/b10-5-. The molecule has 92 valence electrons. The van der Waals surface area contributed by atoms with Gasteiger partial charge in [-0.3, -0.25) is 5.41 Å². The van der Waals surface area contributed by atoms with Gasteiger partial charge in [-0.2, -0.15) is 0 Å². The van der Waals surface area contributed by atoms with Crippen molar-refractivity contribution in [2.45, 2.75) is 26.7 Å². The Morgan fingerprint density at radius 1 is 1.65 bits per heavy atom. The highest BCUT2D eigenvalue weighted by Gasteiger charge is 2.30. The third-order valence-corrected chi connectivity index (χ3v) is 4.89. The third-order valence-electron chi connectivity index (χ3n) is 3.27. The van der Waals surface area contributed by atoms with Crippen molar-refractivity contribution in [1.29, 1.82) is 5.41 Å². The van der Waals surface area contributed by atoms with Crippen LogP contribution in [0.15, 0.2) is 17.5 Å². The smallest absolute Gasteiger partial charge is 0.151 e. The van der Waals surface area contributed by atoms with Gasteiger partial charge < -0.3 is 5.73 Å². The Morgan fingerprint density at radius 3 is 3.12 bits per heavy atom. The van der Waals surface area contributed by atoms with Crippen LogP contribution in [0, 0.1) is 10.8 Å². The molecular formula is C13H18N2S2. The fraction of sp³-hybridized carbons (Fsp3) is 0.462. The summed E-state index contributed by atoms with van der Waals surface area (Å²) in [4.78, 5) is 1.50. The van der Waals surface area contributed by atoms with E-state index in [9.17, 15) is 0 Å². The second kappa shape index (κ2) is 4.86. The maximum Gasteiger partial charge on any atom is 0.151 e. The van der Waals surface area contributed by atoms with Crippen LogP contribution in [0.4, 0.5) is 0 Å². The lowest BCUT2D eigenvalue weighted by atomic mass is 9.72. The van der Waals surface area contributed by atoms with E-state index in [0.29, 0.717) is 0 Å². The Morgan fingerprint density at radius 2 is 2.41 bits per heavy atom. The molecule has 0 saturated carbocycles. The molecule has 0 bridgehead atoms. The molecule has 0 aromatic carbocycles. The number of hydrogen-bond donors (Lipinski definition) is 2. The zero-order valence-corrected chi connectivity index (χ0v) is 11.9. The highest BCUT2D eigenvalue weighted by atomic mass is 32.2. The van der Waals surface area contributed by atoms with Crippen LogP contribution in [-0.2, 0) is 6.42 Å². The van der Waals surface area contributed by atoms with E-state index in [1.54, 1.807) is 0 Å². The van der Waals surface area contributed by atoms with Crippen LogP contribution in [-0.4, -0.2) is 10.9 Å². The zero-order valence-electron chi connectivity index (χ0n) is 10.2. The van der Waals surface area contributed by atoms with Gasteiger partial charge in [0.25, 0.3) is 0 Å². The predicted octanol–water partition coefficient (Wildman–Crippen LogP) is 3.73. The topological polar surface area (TPSA) is 49.9 Å². The van der Waals surface area contributed by atoms with Gasteiger partial charge in [0.05, 0.1) is 0 Å². The number of rotatable bonds is 2. The first-order valence-electron chi connectivity index (χ1n) is 5.75. The molecule has 0 unspecified atom stereocenters. The Balaban J connectivity index is 2.26. The molecule has 1 aromatic heterocycles. The molecule has 0 fully saturated rings. The van der Waals surface area contributed by atoms with E-state index in [1.165, 1.54) is 40.6 Å². The number of fused-ring (bicyclic) bond motifs is 1. The molecule has 1 aromatic rings. The van der Waals surface area contributed by atoms with E-state index >= 15 is 0 Å². The van der Waals surface area contributed by atoms with Crippen LogP contribution < -0.4 is 5.73 Å². The number of amidine groups is 1. The second-order valence-electron chi connectivity index (χ2n) is 4.93. The first-order chi connectivity index (χ1) is 8.00. The minimum atomic E-state index is 0.195. The third kappa shape index (κ3) is 2.75. The van der Waals surface area contributed by atoms with Gasteiger partial charge in [0.15, 0.2) is 5.17 Å². The molecule has 4 heteroatoms. The van der Waals surface area contributed by atoms with E-state index in [2.05, 4.69) is 31.4 Å². The fourth-order valence-corrected chi connectivity index (χ4v) is 3.62. The number of thiophene rings is 1. The summed E-state index contributed by atoms with van der Waals surface area (Å²) in [7, 11) is 0. The molecule has 1 aliphatic carbocycles. The average molecular weight is 266 g/mol. The first kappa shape index (κ1) is 12.7. The van der Waals surface area contributed by atoms with Crippen LogP contribution >= 0.6 is 23.1 Å². The van der Waals surface area contributed by atoms with Gasteiger partial charge in [-0.25, -0.2) is 0 Å². The van der Waals surface area contributed by atoms with Crippen molar-refractivity contribution in [2.24, 2.45) is 11.1 Å². The monoisotopic (exact) mass is 266 g/mol. The van der Waals surface area contributed by atoms with Gasteiger partial charge in [0.1, 0.15) is 0 Å². The van der Waals surface area contributed by atoms with Crippen LogP contribution in [0.2, 0.25) is 0 Å². The number of allylic oxidation sites excluding steroid dienone is 1.